The number of allylic oxidation sites excluding steroid dienone is 1. The molecule has 96 valence electrons. The van der Waals surface area contributed by atoms with E-state index in [1.165, 1.54) is 5.70 Å². The molecule has 1 N–H and O–H groups in total. The van der Waals surface area contributed by atoms with Gasteiger partial charge in [0, 0.05) is 44.4 Å². The van der Waals surface area contributed by atoms with E-state index >= 15 is 0 Å². The second-order valence-electron chi connectivity index (χ2n) is 5.03. The van der Waals surface area contributed by atoms with Crippen LogP contribution >= 0.6 is 0 Å². The van der Waals surface area contributed by atoms with Gasteiger partial charge in [-0.25, -0.2) is 0 Å². The standard InChI is InChI=1S/C13H22N2O2/c1-10(16)11-3-5-15(2)13(7-11)8-14-12-4-6-17-9-12/h7,11-12,14H,3-6,8-9H2,1-2H3/t11-,12?/m0/s1. The molecule has 2 atom stereocenters. The molecule has 0 spiro atoms. The largest absolute Gasteiger partial charge is 0.380 e. The number of nitrogens with one attached hydrogen (secondary N) is 1. The summed E-state index contributed by atoms with van der Waals surface area (Å²) >= 11 is 0. The Bertz CT molecular complexity index is 309. The number of hydrogen-bond acceptors (Lipinski definition) is 4. The Morgan fingerprint density at radius 3 is 3.06 bits per heavy atom. The molecule has 4 heteroatoms. The van der Waals surface area contributed by atoms with Crippen LogP contribution in [0.15, 0.2) is 11.8 Å². The third-order valence-electron chi connectivity index (χ3n) is 3.68. The number of hydrogen-bond donors (Lipinski definition) is 1. The number of likely N-dealkylation sites (N-methyl/N-ethyl adjacent to an activating group) is 1. The van der Waals surface area contributed by atoms with Gasteiger partial charge in [-0.2, -0.15) is 0 Å². The van der Waals surface area contributed by atoms with Crippen molar-refractivity contribution in [2.24, 2.45) is 5.92 Å². The molecule has 2 heterocycles. The summed E-state index contributed by atoms with van der Waals surface area (Å²) in [5.41, 5.74) is 1.24. The van der Waals surface area contributed by atoms with Crippen molar-refractivity contribution in [3.63, 3.8) is 0 Å². The molecule has 0 aromatic rings. The van der Waals surface area contributed by atoms with Gasteiger partial charge in [0.15, 0.2) is 0 Å². The zero-order valence-electron chi connectivity index (χ0n) is 10.7. The van der Waals surface area contributed by atoms with E-state index < -0.39 is 0 Å². The number of ketones is 1. The van der Waals surface area contributed by atoms with Crippen LogP contribution in [0.3, 0.4) is 0 Å². The maximum atomic E-state index is 11.4. The van der Waals surface area contributed by atoms with Gasteiger partial charge in [0.05, 0.1) is 6.61 Å². The van der Waals surface area contributed by atoms with Crippen molar-refractivity contribution in [2.45, 2.75) is 25.8 Å². The molecule has 0 aliphatic carbocycles. The van der Waals surface area contributed by atoms with Crippen LogP contribution in [0.5, 0.6) is 0 Å². The first-order valence-electron chi connectivity index (χ1n) is 6.40. The normalized spacial score (nSPS) is 29.3. The Morgan fingerprint density at radius 2 is 2.41 bits per heavy atom. The van der Waals surface area contributed by atoms with Crippen LogP contribution in [0, 0.1) is 5.92 Å². The Labute approximate surface area is 103 Å². The Kier molecular flexibility index (Phi) is 4.18. The quantitative estimate of drug-likeness (QED) is 0.786. The minimum Gasteiger partial charge on any atom is -0.380 e. The minimum atomic E-state index is 0.114. The molecule has 1 saturated heterocycles. The topological polar surface area (TPSA) is 41.6 Å². The van der Waals surface area contributed by atoms with Crippen LogP contribution in [0.4, 0.5) is 0 Å². The molecule has 2 rings (SSSR count). The minimum absolute atomic E-state index is 0.114. The van der Waals surface area contributed by atoms with E-state index in [2.05, 4.69) is 23.3 Å². The first kappa shape index (κ1) is 12.6. The first-order chi connectivity index (χ1) is 8.16. The van der Waals surface area contributed by atoms with Crippen molar-refractivity contribution in [3.8, 4) is 0 Å². The Hall–Kier alpha value is -0.870. The summed E-state index contributed by atoms with van der Waals surface area (Å²) in [5, 5.41) is 3.49. The van der Waals surface area contributed by atoms with Gasteiger partial charge in [0.25, 0.3) is 0 Å². The summed E-state index contributed by atoms with van der Waals surface area (Å²) in [7, 11) is 2.09. The fourth-order valence-corrected chi connectivity index (χ4v) is 2.38. The summed E-state index contributed by atoms with van der Waals surface area (Å²) in [4.78, 5) is 13.6. The predicted octanol–water partition coefficient (Wildman–Crippen LogP) is 0.790. The molecular weight excluding hydrogens is 216 g/mol. The van der Waals surface area contributed by atoms with Crippen molar-refractivity contribution in [1.29, 1.82) is 0 Å². The van der Waals surface area contributed by atoms with E-state index in [1.807, 2.05) is 0 Å². The summed E-state index contributed by atoms with van der Waals surface area (Å²) < 4.78 is 5.33. The molecule has 0 amide bonds. The third kappa shape index (κ3) is 3.30. The zero-order valence-corrected chi connectivity index (χ0v) is 10.7. The number of carbonyl (C=O) groups is 1. The molecular formula is C13H22N2O2. The number of Topliss-reactive ketones (excluding diaryl/α,β-unsaturated/α-hetero) is 1. The van der Waals surface area contributed by atoms with Gasteiger partial charge in [0.1, 0.15) is 5.78 Å². The number of nitrogens with zero attached hydrogens (tertiary/aromatic N) is 1. The SMILES string of the molecule is CC(=O)[C@@H]1C=C(CNC2CCOC2)N(C)CC1. The lowest BCUT2D eigenvalue weighted by atomic mass is 9.96. The van der Waals surface area contributed by atoms with Crippen LogP contribution in [0.2, 0.25) is 0 Å². The molecule has 0 bridgehead atoms. The third-order valence-corrected chi connectivity index (χ3v) is 3.68. The van der Waals surface area contributed by atoms with Crippen LogP contribution < -0.4 is 5.32 Å². The highest BCUT2D eigenvalue weighted by molar-refractivity contribution is 5.80. The fraction of sp³-hybridized carbons (Fsp3) is 0.769. The molecule has 2 aliphatic heterocycles. The van der Waals surface area contributed by atoms with Crippen molar-refractivity contribution in [1.82, 2.24) is 10.2 Å². The van der Waals surface area contributed by atoms with Gasteiger partial charge >= 0.3 is 0 Å². The highest BCUT2D eigenvalue weighted by Gasteiger charge is 2.21. The van der Waals surface area contributed by atoms with Crippen LogP contribution in [-0.2, 0) is 9.53 Å². The second kappa shape index (κ2) is 5.65. The van der Waals surface area contributed by atoms with Gasteiger partial charge in [-0.3, -0.25) is 4.79 Å². The second-order valence-corrected chi connectivity index (χ2v) is 5.03. The molecule has 2 aliphatic rings. The van der Waals surface area contributed by atoms with Gasteiger partial charge in [-0.1, -0.05) is 6.08 Å². The van der Waals surface area contributed by atoms with Gasteiger partial charge in [-0.05, 0) is 19.8 Å². The summed E-state index contributed by atoms with van der Waals surface area (Å²) in [5.74, 6) is 0.391. The zero-order chi connectivity index (χ0) is 12.3. The maximum Gasteiger partial charge on any atom is 0.136 e. The number of ether oxygens (including phenoxy) is 1. The van der Waals surface area contributed by atoms with E-state index in [4.69, 9.17) is 4.74 Å². The lowest BCUT2D eigenvalue weighted by Crippen LogP contribution is -2.38. The maximum absolute atomic E-state index is 11.4. The van der Waals surface area contributed by atoms with Gasteiger partial charge in [-0.15, -0.1) is 0 Å². The fourth-order valence-electron chi connectivity index (χ4n) is 2.38. The molecule has 1 unspecified atom stereocenters. The van der Waals surface area contributed by atoms with E-state index in [1.54, 1.807) is 6.92 Å². The Morgan fingerprint density at radius 1 is 1.59 bits per heavy atom. The van der Waals surface area contributed by atoms with Crippen molar-refractivity contribution >= 4 is 5.78 Å². The van der Waals surface area contributed by atoms with E-state index in [-0.39, 0.29) is 11.7 Å². The highest BCUT2D eigenvalue weighted by atomic mass is 16.5. The average molecular weight is 238 g/mol. The molecule has 0 radical (unpaired) electrons. The van der Waals surface area contributed by atoms with Crippen molar-refractivity contribution in [2.75, 3.05) is 33.4 Å². The van der Waals surface area contributed by atoms with Crippen LogP contribution in [-0.4, -0.2) is 50.1 Å². The molecule has 0 aromatic carbocycles. The van der Waals surface area contributed by atoms with Gasteiger partial charge < -0.3 is 15.0 Å². The van der Waals surface area contributed by atoms with Gasteiger partial charge in [0.2, 0.25) is 0 Å². The lowest BCUT2D eigenvalue weighted by Gasteiger charge is -2.30. The Balaban J connectivity index is 1.89. The molecule has 4 nitrogen and oxygen atoms in total. The van der Waals surface area contributed by atoms with E-state index in [0.29, 0.717) is 6.04 Å². The summed E-state index contributed by atoms with van der Waals surface area (Å²) in [6.45, 7) is 5.17. The number of rotatable bonds is 4. The summed E-state index contributed by atoms with van der Waals surface area (Å²) in [6.07, 6.45) is 4.16. The first-order valence-corrected chi connectivity index (χ1v) is 6.40. The monoisotopic (exact) mass is 238 g/mol. The van der Waals surface area contributed by atoms with E-state index in [0.717, 1.165) is 39.1 Å². The molecule has 17 heavy (non-hydrogen) atoms. The van der Waals surface area contributed by atoms with Crippen LogP contribution in [0.1, 0.15) is 19.8 Å². The molecule has 1 fully saturated rings. The smallest absolute Gasteiger partial charge is 0.136 e. The predicted molar refractivity (Wildman–Crippen MR) is 66.7 cm³/mol. The number of carbonyl (C=O) groups excluding carboxylic acids is 1. The molecule has 0 aromatic heterocycles. The highest BCUT2D eigenvalue weighted by Crippen LogP contribution is 2.19. The lowest BCUT2D eigenvalue weighted by molar-refractivity contribution is -0.119. The average Bonchev–Trinajstić information content (AvgIpc) is 2.80. The van der Waals surface area contributed by atoms with E-state index in [9.17, 15) is 4.79 Å². The van der Waals surface area contributed by atoms with Crippen molar-refractivity contribution < 1.29 is 9.53 Å². The van der Waals surface area contributed by atoms with Crippen LogP contribution in [0.25, 0.3) is 0 Å². The molecule has 0 saturated carbocycles. The summed E-state index contributed by atoms with van der Waals surface area (Å²) in [6, 6.07) is 0.474. The van der Waals surface area contributed by atoms with Crippen molar-refractivity contribution in [3.05, 3.63) is 11.8 Å².